The summed E-state index contributed by atoms with van der Waals surface area (Å²) >= 11 is 0. The minimum atomic E-state index is -0.153. The van der Waals surface area contributed by atoms with Crippen LogP contribution in [0.4, 0.5) is 4.39 Å². The zero-order valence-corrected chi connectivity index (χ0v) is 12.1. The summed E-state index contributed by atoms with van der Waals surface area (Å²) in [6, 6.07) is 11.1. The molecule has 1 N–H and O–H groups in total. The third kappa shape index (κ3) is 3.87. The number of aromatic nitrogens is 1. The van der Waals surface area contributed by atoms with Crippen molar-refractivity contribution in [1.29, 1.82) is 0 Å². The van der Waals surface area contributed by atoms with Crippen LogP contribution in [-0.2, 0) is 6.42 Å². The number of pyridine rings is 1. The van der Waals surface area contributed by atoms with E-state index in [0.29, 0.717) is 6.42 Å². The third-order valence-electron chi connectivity index (χ3n) is 3.31. The lowest BCUT2D eigenvalue weighted by molar-refractivity contribution is 0.493. The predicted molar refractivity (Wildman–Crippen MR) is 80.1 cm³/mol. The van der Waals surface area contributed by atoms with Crippen molar-refractivity contribution in [2.75, 3.05) is 6.54 Å². The van der Waals surface area contributed by atoms with Crippen molar-refractivity contribution in [2.24, 2.45) is 0 Å². The van der Waals surface area contributed by atoms with Gasteiger partial charge in [-0.15, -0.1) is 0 Å². The molecular weight excluding hydrogens is 251 g/mol. The Kier molecular flexibility index (Phi) is 5.24. The van der Waals surface area contributed by atoms with Crippen LogP contribution >= 0.6 is 0 Å². The van der Waals surface area contributed by atoms with Crippen molar-refractivity contribution < 1.29 is 4.39 Å². The lowest BCUT2D eigenvalue weighted by atomic mass is 9.99. The largest absolute Gasteiger partial charge is 0.310 e. The Hall–Kier alpha value is -1.74. The second-order valence-corrected chi connectivity index (χ2v) is 5.06. The van der Waals surface area contributed by atoms with E-state index in [2.05, 4.69) is 17.2 Å². The molecule has 0 bridgehead atoms. The van der Waals surface area contributed by atoms with E-state index in [4.69, 9.17) is 0 Å². The van der Waals surface area contributed by atoms with Gasteiger partial charge in [-0.2, -0.15) is 0 Å². The molecule has 106 valence electrons. The molecule has 1 heterocycles. The molecule has 1 aromatic carbocycles. The van der Waals surface area contributed by atoms with Crippen LogP contribution in [0, 0.1) is 12.7 Å². The molecule has 0 spiro atoms. The quantitative estimate of drug-likeness (QED) is 0.865. The lowest BCUT2D eigenvalue weighted by Crippen LogP contribution is -2.25. The zero-order chi connectivity index (χ0) is 14.4. The van der Waals surface area contributed by atoms with Crippen LogP contribution in [0.5, 0.6) is 0 Å². The smallest absolute Gasteiger partial charge is 0.128 e. The van der Waals surface area contributed by atoms with E-state index < -0.39 is 0 Å². The lowest BCUT2D eigenvalue weighted by Gasteiger charge is -2.20. The number of hydrogen-bond donors (Lipinski definition) is 1. The van der Waals surface area contributed by atoms with Crippen molar-refractivity contribution in [3.05, 3.63) is 65.2 Å². The van der Waals surface area contributed by atoms with Gasteiger partial charge in [0.25, 0.3) is 0 Å². The van der Waals surface area contributed by atoms with Crippen LogP contribution < -0.4 is 5.32 Å². The van der Waals surface area contributed by atoms with Gasteiger partial charge in [0.2, 0.25) is 0 Å². The standard InChI is InChI=1S/C17H21FN2/c1-3-9-20-17(12-14-6-4-5-10-19-14)15-11-13(2)7-8-16(15)18/h4-8,10-11,17,20H,3,9,12H2,1-2H3. The number of aryl methyl sites for hydroxylation is 1. The Balaban J connectivity index is 2.24. The second kappa shape index (κ2) is 7.15. The van der Waals surface area contributed by atoms with Crippen molar-refractivity contribution in [3.8, 4) is 0 Å². The van der Waals surface area contributed by atoms with Crippen LogP contribution in [0.25, 0.3) is 0 Å². The first-order valence-electron chi connectivity index (χ1n) is 7.10. The Morgan fingerprint density at radius 1 is 1.25 bits per heavy atom. The van der Waals surface area contributed by atoms with Crippen molar-refractivity contribution >= 4 is 0 Å². The van der Waals surface area contributed by atoms with Gasteiger partial charge in [0, 0.05) is 29.9 Å². The molecule has 0 aliphatic rings. The van der Waals surface area contributed by atoms with E-state index in [1.807, 2.05) is 31.2 Å². The van der Waals surface area contributed by atoms with E-state index in [1.165, 1.54) is 0 Å². The summed E-state index contributed by atoms with van der Waals surface area (Å²) in [5.41, 5.74) is 2.77. The number of halogens is 1. The molecule has 0 aliphatic heterocycles. The van der Waals surface area contributed by atoms with Crippen molar-refractivity contribution in [2.45, 2.75) is 32.7 Å². The maximum Gasteiger partial charge on any atom is 0.128 e. The molecule has 0 radical (unpaired) electrons. The van der Waals surface area contributed by atoms with E-state index in [-0.39, 0.29) is 11.9 Å². The van der Waals surface area contributed by atoms with Gasteiger partial charge in [-0.3, -0.25) is 4.98 Å². The Morgan fingerprint density at radius 3 is 2.80 bits per heavy atom. The average Bonchev–Trinajstić information content (AvgIpc) is 2.47. The van der Waals surface area contributed by atoms with Gasteiger partial charge in [0.05, 0.1) is 0 Å². The van der Waals surface area contributed by atoms with Crippen molar-refractivity contribution in [3.63, 3.8) is 0 Å². The number of rotatable bonds is 6. The molecule has 0 fully saturated rings. The van der Waals surface area contributed by atoms with Crippen molar-refractivity contribution in [1.82, 2.24) is 10.3 Å². The summed E-state index contributed by atoms with van der Waals surface area (Å²) in [5.74, 6) is -0.153. The van der Waals surface area contributed by atoms with Gasteiger partial charge < -0.3 is 5.32 Å². The average molecular weight is 272 g/mol. The molecule has 2 aromatic rings. The zero-order valence-electron chi connectivity index (χ0n) is 12.1. The minimum absolute atomic E-state index is 0.0373. The van der Waals surface area contributed by atoms with Gasteiger partial charge in [0.15, 0.2) is 0 Å². The van der Waals surface area contributed by atoms with Gasteiger partial charge in [-0.1, -0.05) is 30.7 Å². The highest BCUT2D eigenvalue weighted by molar-refractivity contribution is 5.28. The first-order valence-corrected chi connectivity index (χ1v) is 7.10. The molecule has 0 saturated carbocycles. The summed E-state index contributed by atoms with van der Waals surface area (Å²) in [7, 11) is 0. The van der Waals surface area contributed by atoms with Crippen LogP contribution in [0.15, 0.2) is 42.6 Å². The predicted octanol–water partition coefficient (Wildman–Crippen LogP) is 3.81. The highest BCUT2D eigenvalue weighted by atomic mass is 19.1. The summed E-state index contributed by atoms with van der Waals surface area (Å²) < 4.78 is 14.1. The van der Waals surface area contributed by atoms with Crippen LogP contribution in [-0.4, -0.2) is 11.5 Å². The number of nitrogens with zero attached hydrogens (tertiary/aromatic N) is 1. The maximum absolute atomic E-state index is 14.1. The SMILES string of the molecule is CCCNC(Cc1ccccn1)c1cc(C)ccc1F. The molecule has 1 atom stereocenters. The second-order valence-electron chi connectivity index (χ2n) is 5.06. The Labute approximate surface area is 120 Å². The van der Waals surface area contributed by atoms with E-state index >= 15 is 0 Å². The van der Waals surface area contributed by atoms with E-state index in [1.54, 1.807) is 18.3 Å². The minimum Gasteiger partial charge on any atom is -0.310 e. The monoisotopic (exact) mass is 272 g/mol. The highest BCUT2D eigenvalue weighted by Crippen LogP contribution is 2.22. The first kappa shape index (κ1) is 14.7. The normalized spacial score (nSPS) is 12.3. The molecular formula is C17H21FN2. The molecule has 2 rings (SSSR count). The molecule has 0 aliphatic carbocycles. The fourth-order valence-corrected chi connectivity index (χ4v) is 2.27. The van der Waals surface area contributed by atoms with Gasteiger partial charge in [0.1, 0.15) is 5.82 Å². The third-order valence-corrected chi connectivity index (χ3v) is 3.31. The summed E-state index contributed by atoms with van der Waals surface area (Å²) in [6.45, 7) is 4.96. The number of hydrogen-bond acceptors (Lipinski definition) is 2. The number of benzene rings is 1. The summed E-state index contributed by atoms with van der Waals surface area (Å²) in [6.07, 6.45) is 3.49. The molecule has 20 heavy (non-hydrogen) atoms. The van der Waals surface area contributed by atoms with Gasteiger partial charge in [-0.05, 0) is 38.1 Å². The molecule has 1 aromatic heterocycles. The molecule has 2 nitrogen and oxygen atoms in total. The van der Waals surface area contributed by atoms with Crippen LogP contribution in [0.1, 0.15) is 36.2 Å². The topological polar surface area (TPSA) is 24.9 Å². The van der Waals surface area contributed by atoms with Gasteiger partial charge >= 0.3 is 0 Å². The molecule has 0 amide bonds. The Morgan fingerprint density at radius 2 is 2.10 bits per heavy atom. The fraction of sp³-hybridized carbons (Fsp3) is 0.353. The van der Waals surface area contributed by atoms with Gasteiger partial charge in [-0.25, -0.2) is 4.39 Å². The molecule has 3 heteroatoms. The molecule has 0 saturated heterocycles. The van der Waals surface area contributed by atoms with Crippen LogP contribution in [0.3, 0.4) is 0 Å². The van der Waals surface area contributed by atoms with E-state index in [0.717, 1.165) is 29.8 Å². The maximum atomic E-state index is 14.1. The summed E-state index contributed by atoms with van der Waals surface area (Å²) in [4.78, 5) is 4.34. The van der Waals surface area contributed by atoms with Crippen LogP contribution in [0.2, 0.25) is 0 Å². The fourth-order valence-electron chi connectivity index (χ4n) is 2.27. The highest BCUT2D eigenvalue weighted by Gasteiger charge is 2.16. The molecule has 1 unspecified atom stereocenters. The number of nitrogens with one attached hydrogen (secondary N) is 1. The first-order chi connectivity index (χ1) is 9.70. The summed E-state index contributed by atoms with van der Waals surface area (Å²) in [5, 5.41) is 3.42. The Bertz CT molecular complexity index is 540. The van der Waals surface area contributed by atoms with E-state index in [9.17, 15) is 4.39 Å².